The minimum atomic E-state index is -0.440. The van der Waals surface area contributed by atoms with Gasteiger partial charge in [-0.1, -0.05) is 32.6 Å². The standard InChI is InChI=1S/C20H26O5/c1-6-9(2)18(21)23-13-7-10(3)12-8-14-20(5,25-14)16(12)17-15(13)11(4)19(22)24-17/h9,12-17H,3-4,6-8H2,1-2,5H3. The van der Waals surface area contributed by atoms with Gasteiger partial charge in [-0.15, -0.1) is 0 Å². The monoisotopic (exact) mass is 346 g/mol. The highest BCUT2D eigenvalue weighted by atomic mass is 16.6. The lowest BCUT2D eigenvalue weighted by Crippen LogP contribution is -2.41. The Hall–Kier alpha value is -1.62. The Bertz CT molecular complexity index is 667. The molecule has 5 heteroatoms. The Kier molecular flexibility index (Phi) is 3.66. The van der Waals surface area contributed by atoms with Crippen molar-refractivity contribution in [3.8, 4) is 0 Å². The number of fused-ring (bicyclic) bond motifs is 5. The Morgan fingerprint density at radius 1 is 1.44 bits per heavy atom. The van der Waals surface area contributed by atoms with Crippen molar-refractivity contribution in [3.05, 3.63) is 24.3 Å². The van der Waals surface area contributed by atoms with Gasteiger partial charge in [0.25, 0.3) is 0 Å². The van der Waals surface area contributed by atoms with Crippen LogP contribution >= 0.6 is 0 Å². The quantitative estimate of drug-likeness (QED) is 0.340. The number of hydrogen-bond acceptors (Lipinski definition) is 5. The summed E-state index contributed by atoms with van der Waals surface area (Å²) >= 11 is 0. The van der Waals surface area contributed by atoms with Crippen LogP contribution in [0.25, 0.3) is 0 Å². The summed E-state index contributed by atoms with van der Waals surface area (Å²) < 4.78 is 17.5. The van der Waals surface area contributed by atoms with Crippen LogP contribution in [0.5, 0.6) is 0 Å². The molecular formula is C20H26O5. The highest BCUT2D eigenvalue weighted by molar-refractivity contribution is 5.91. The van der Waals surface area contributed by atoms with Crippen molar-refractivity contribution < 1.29 is 23.8 Å². The topological polar surface area (TPSA) is 65.1 Å². The van der Waals surface area contributed by atoms with Gasteiger partial charge in [-0.25, -0.2) is 4.79 Å². The number of ether oxygens (including phenoxy) is 3. The molecule has 0 bridgehead atoms. The molecule has 0 N–H and O–H groups in total. The number of esters is 2. The zero-order valence-electron chi connectivity index (χ0n) is 15.1. The molecule has 8 atom stereocenters. The summed E-state index contributed by atoms with van der Waals surface area (Å²) in [4.78, 5) is 24.6. The Balaban J connectivity index is 1.68. The van der Waals surface area contributed by atoms with Crippen molar-refractivity contribution in [1.82, 2.24) is 0 Å². The fourth-order valence-corrected chi connectivity index (χ4v) is 5.02. The third-order valence-electron chi connectivity index (χ3n) is 6.83. The van der Waals surface area contributed by atoms with Gasteiger partial charge in [0.2, 0.25) is 0 Å². The van der Waals surface area contributed by atoms with Crippen LogP contribution in [0.4, 0.5) is 0 Å². The summed E-state index contributed by atoms with van der Waals surface area (Å²) in [6.07, 6.45) is 1.60. The van der Waals surface area contributed by atoms with E-state index in [2.05, 4.69) is 20.1 Å². The second-order valence-electron chi connectivity index (χ2n) is 8.23. The maximum Gasteiger partial charge on any atom is 0.334 e. The van der Waals surface area contributed by atoms with Crippen molar-refractivity contribution in [2.24, 2.45) is 23.7 Å². The van der Waals surface area contributed by atoms with Crippen LogP contribution in [-0.4, -0.2) is 35.9 Å². The molecule has 4 rings (SSSR count). The minimum absolute atomic E-state index is 0.0606. The fourth-order valence-electron chi connectivity index (χ4n) is 5.02. The average molecular weight is 346 g/mol. The van der Waals surface area contributed by atoms with Gasteiger partial charge in [0.05, 0.1) is 23.5 Å². The first kappa shape index (κ1) is 16.8. The fraction of sp³-hybridized carbons (Fsp3) is 0.700. The average Bonchev–Trinajstić information content (AvgIpc) is 3.03. The summed E-state index contributed by atoms with van der Waals surface area (Å²) in [6.45, 7) is 14.1. The van der Waals surface area contributed by atoms with E-state index in [-0.39, 0.29) is 53.4 Å². The molecule has 2 aliphatic heterocycles. The number of rotatable bonds is 3. The first-order chi connectivity index (χ1) is 11.8. The third-order valence-corrected chi connectivity index (χ3v) is 6.83. The van der Waals surface area contributed by atoms with E-state index in [1.807, 2.05) is 13.8 Å². The molecule has 0 spiro atoms. The molecule has 2 aliphatic carbocycles. The van der Waals surface area contributed by atoms with E-state index < -0.39 is 6.10 Å². The van der Waals surface area contributed by atoms with Crippen LogP contribution in [0.3, 0.4) is 0 Å². The van der Waals surface area contributed by atoms with Crippen LogP contribution in [0.15, 0.2) is 24.3 Å². The Morgan fingerprint density at radius 2 is 2.16 bits per heavy atom. The van der Waals surface area contributed by atoms with Gasteiger partial charge in [0.1, 0.15) is 12.2 Å². The van der Waals surface area contributed by atoms with E-state index in [0.29, 0.717) is 12.0 Å². The molecule has 25 heavy (non-hydrogen) atoms. The van der Waals surface area contributed by atoms with E-state index in [4.69, 9.17) is 14.2 Å². The highest BCUT2D eigenvalue weighted by Gasteiger charge is 2.71. The SMILES string of the molecule is C=C1CC(OC(=O)C(C)CC)C2C(=C)C(=O)OC2C2C1CC1OC12C. The summed E-state index contributed by atoms with van der Waals surface area (Å²) in [7, 11) is 0. The van der Waals surface area contributed by atoms with E-state index in [9.17, 15) is 9.59 Å². The maximum absolute atomic E-state index is 12.4. The largest absolute Gasteiger partial charge is 0.461 e. The predicted octanol–water partition coefficient (Wildman–Crippen LogP) is 2.80. The molecule has 0 radical (unpaired) electrons. The van der Waals surface area contributed by atoms with Gasteiger partial charge >= 0.3 is 11.9 Å². The van der Waals surface area contributed by atoms with Gasteiger partial charge in [0, 0.05) is 17.9 Å². The molecule has 0 aromatic carbocycles. The molecule has 2 saturated carbocycles. The predicted molar refractivity (Wildman–Crippen MR) is 90.5 cm³/mol. The van der Waals surface area contributed by atoms with Gasteiger partial charge in [-0.2, -0.15) is 0 Å². The van der Waals surface area contributed by atoms with Gasteiger partial charge in [-0.05, 0) is 25.7 Å². The lowest BCUT2D eigenvalue weighted by Gasteiger charge is -2.31. The van der Waals surface area contributed by atoms with Crippen molar-refractivity contribution in [3.63, 3.8) is 0 Å². The van der Waals surface area contributed by atoms with E-state index in [0.717, 1.165) is 18.4 Å². The zero-order chi connectivity index (χ0) is 18.1. The lowest BCUT2D eigenvalue weighted by molar-refractivity contribution is -0.157. The number of epoxide rings is 1. The van der Waals surface area contributed by atoms with E-state index >= 15 is 0 Å². The molecule has 2 saturated heterocycles. The highest BCUT2D eigenvalue weighted by Crippen LogP contribution is 2.63. The van der Waals surface area contributed by atoms with Crippen LogP contribution in [0, 0.1) is 23.7 Å². The maximum atomic E-state index is 12.4. The first-order valence-electron chi connectivity index (χ1n) is 9.23. The number of carbonyl (C=O) groups is 2. The van der Waals surface area contributed by atoms with E-state index in [1.165, 1.54) is 0 Å². The van der Waals surface area contributed by atoms with Crippen LogP contribution in [0.1, 0.15) is 40.0 Å². The number of hydrogen-bond donors (Lipinski definition) is 0. The van der Waals surface area contributed by atoms with Gasteiger partial charge < -0.3 is 14.2 Å². The normalized spacial score (nSPS) is 45.8. The van der Waals surface area contributed by atoms with Crippen LogP contribution in [0.2, 0.25) is 0 Å². The molecule has 4 fully saturated rings. The smallest absolute Gasteiger partial charge is 0.334 e. The molecule has 0 aromatic heterocycles. The van der Waals surface area contributed by atoms with Crippen molar-refractivity contribution in [1.29, 1.82) is 0 Å². The summed E-state index contributed by atoms with van der Waals surface area (Å²) in [5.41, 5.74) is 1.21. The lowest BCUT2D eigenvalue weighted by atomic mass is 9.78. The van der Waals surface area contributed by atoms with Gasteiger partial charge in [-0.3, -0.25) is 4.79 Å². The molecule has 4 aliphatic rings. The first-order valence-corrected chi connectivity index (χ1v) is 9.23. The molecule has 8 unspecified atom stereocenters. The summed E-state index contributed by atoms with van der Waals surface area (Å²) in [6, 6.07) is 0. The van der Waals surface area contributed by atoms with Gasteiger partial charge in [0.15, 0.2) is 0 Å². The second kappa shape index (κ2) is 5.44. The van der Waals surface area contributed by atoms with E-state index in [1.54, 1.807) is 0 Å². The van der Waals surface area contributed by atoms with Crippen molar-refractivity contribution >= 4 is 11.9 Å². The molecule has 136 valence electrons. The molecule has 0 amide bonds. The Morgan fingerprint density at radius 3 is 2.84 bits per heavy atom. The molecule has 2 heterocycles. The summed E-state index contributed by atoms with van der Waals surface area (Å²) in [5, 5.41) is 0. The minimum Gasteiger partial charge on any atom is -0.461 e. The summed E-state index contributed by atoms with van der Waals surface area (Å²) in [5.74, 6) is -0.794. The van der Waals surface area contributed by atoms with Crippen LogP contribution in [-0.2, 0) is 23.8 Å². The Labute approximate surface area is 148 Å². The molecular weight excluding hydrogens is 320 g/mol. The van der Waals surface area contributed by atoms with Crippen molar-refractivity contribution in [2.45, 2.75) is 63.9 Å². The third kappa shape index (κ3) is 2.31. The molecule has 5 nitrogen and oxygen atoms in total. The van der Waals surface area contributed by atoms with Crippen molar-refractivity contribution in [2.75, 3.05) is 0 Å². The van der Waals surface area contributed by atoms with Crippen LogP contribution < -0.4 is 0 Å². The second-order valence-corrected chi connectivity index (χ2v) is 8.23. The number of carbonyl (C=O) groups excluding carboxylic acids is 2. The zero-order valence-corrected chi connectivity index (χ0v) is 15.1. The molecule has 0 aromatic rings.